The summed E-state index contributed by atoms with van der Waals surface area (Å²) in [4.78, 5) is 0.545. The van der Waals surface area contributed by atoms with Crippen molar-refractivity contribution in [3.05, 3.63) is 69.8 Å². The fourth-order valence-corrected chi connectivity index (χ4v) is 5.52. The third-order valence-electron chi connectivity index (χ3n) is 5.60. The highest BCUT2D eigenvalue weighted by Crippen LogP contribution is 2.41. The summed E-state index contributed by atoms with van der Waals surface area (Å²) in [7, 11) is 1.49. The molecule has 4 rings (SSSR count). The van der Waals surface area contributed by atoms with E-state index in [4.69, 9.17) is 4.74 Å². The first-order valence-corrected chi connectivity index (χ1v) is 11.6. The normalized spacial score (nSPS) is 31.1. The molecule has 7 nitrogen and oxygen atoms in total. The molecule has 182 valence electrons. The first-order chi connectivity index (χ1) is 16.0. The molecule has 34 heavy (non-hydrogen) atoms. The van der Waals surface area contributed by atoms with Crippen molar-refractivity contribution in [2.45, 2.75) is 34.7 Å². The van der Waals surface area contributed by atoms with Crippen LogP contribution in [0.3, 0.4) is 0 Å². The summed E-state index contributed by atoms with van der Waals surface area (Å²) < 4.78 is 59.7. The summed E-state index contributed by atoms with van der Waals surface area (Å²) in [5.41, 5.74) is -1.08. The summed E-state index contributed by atoms with van der Waals surface area (Å²) >= 11 is 4.14. The van der Waals surface area contributed by atoms with Gasteiger partial charge in [0.05, 0.1) is 18.1 Å². The lowest BCUT2D eigenvalue weighted by atomic mass is 9.95. The average Bonchev–Trinajstić information content (AvgIpc) is 3.19. The Morgan fingerprint density at radius 2 is 1.74 bits per heavy atom. The first kappa shape index (κ1) is 25.2. The van der Waals surface area contributed by atoms with Crippen molar-refractivity contribution in [2.24, 2.45) is 10.3 Å². The lowest BCUT2D eigenvalue weighted by molar-refractivity contribution is -0.903. The summed E-state index contributed by atoms with van der Waals surface area (Å²) in [5.74, 6) is -4.90. The Morgan fingerprint density at radius 3 is 2.35 bits per heavy atom. The molecule has 2 aromatic carbocycles. The van der Waals surface area contributed by atoms with E-state index >= 15 is 0 Å². The van der Waals surface area contributed by atoms with Gasteiger partial charge in [0.25, 0.3) is 0 Å². The molecular weight excluding hydrogens is 546 g/mol. The van der Waals surface area contributed by atoms with Gasteiger partial charge in [0.1, 0.15) is 29.6 Å². The lowest BCUT2D eigenvalue weighted by Crippen LogP contribution is -2.66. The molecule has 0 bridgehead atoms. The second-order valence-corrected chi connectivity index (χ2v) is 9.97. The fourth-order valence-electron chi connectivity index (χ4n) is 3.89. The minimum absolute atomic E-state index is 0.00147. The molecule has 0 aromatic heterocycles. The van der Waals surface area contributed by atoms with Crippen molar-refractivity contribution in [1.29, 1.82) is 0 Å². The van der Waals surface area contributed by atoms with Crippen LogP contribution in [-0.4, -0.2) is 63.4 Å². The summed E-state index contributed by atoms with van der Waals surface area (Å²) in [6, 6.07) is 4.62. The zero-order valence-electron chi connectivity index (χ0n) is 17.4. The molecule has 13 heteroatoms. The Kier molecular flexibility index (Phi) is 7.16. The minimum atomic E-state index is -1.62. The van der Waals surface area contributed by atoms with Crippen LogP contribution < -0.4 is 0 Å². The van der Waals surface area contributed by atoms with E-state index in [0.29, 0.717) is 4.90 Å². The molecule has 0 amide bonds. The van der Waals surface area contributed by atoms with Gasteiger partial charge in [0.2, 0.25) is 0 Å². The average molecular weight is 565 g/mol. The van der Waals surface area contributed by atoms with E-state index in [1.54, 1.807) is 0 Å². The highest BCUT2D eigenvalue weighted by atomic mass is 79.9. The highest BCUT2D eigenvalue weighted by molar-refractivity contribution is 9.10. The van der Waals surface area contributed by atoms with E-state index in [9.17, 15) is 32.9 Å². The van der Waals surface area contributed by atoms with Gasteiger partial charge in [0.15, 0.2) is 35.4 Å². The zero-order chi connectivity index (χ0) is 24.8. The summed E-state index contributed by atoms with van der Waals surface area (Å²) in [6.45, 7) is -0.573. The number of hydrogen-bond acceptors (Lipinski definition) is 7. The molecular formula is C21H19BrF4N3O4S+. The van der Waals surface area contributed by atoms with Crippen LogP contribution in [0.25, 0.3) is 5.70 Å². The third-order valence-corrected chi connectivity index (χ3v) is 7.36. The van der Waals surface area contributed by atoms with Gasteiger partial charge >= 0.3 is 0 Å². The Hall–Kier alpha value is -1.87. The zero-order valence-corrected chi connectivity index (χ0v) is 19.9. The number of aliphatic hydroxyl groups is 3. The number of hydrogen-bond donors (Lipinski definition) is 3. The molecule has 0 aliphatic carbocycles. The van der Waals surface area contributed by atoms with Crippen LogP contribution in [0.15, 0.2) is 56.2 Å². The van der Waals surface area contributed by atoms with E-state index in [1.807, 2.05) is 0 Å². The van der Waals surface area contributed by atoms with E-state index in [2.05, 4.69) is 26.3 Å². The predicted molar refractivity (Wildman–Crippen MR) is 117 cm³/mol. The number of ether oxygens (including phenoxy) is 1. The molecule has 2 aliphatic rings. The number of nitrogens with zero attached hydrogens (tertiary/aromatic N) is 3. The van der Waals surface area contributed by atoms with Gasteiger partial charge in [-0.15, -0.1) is 4.59 Å². The number of benzene rings is 2. The minimum Gasteiger partial charge on any atom is -0.394 e. The standard InChI is InChI=1S/C21H19BrF4N3O4S/c1-29(7-15(27-28-29)9-4-13(24)17(26)14(25)5-9)18-19(31)16(8-30)33-21(20(18)32)34-10-2-3-12(23)11(22)6-10/h2-7,16,18-21,30-32H,8H2,1H3/q+1/t16?,18?,19-,20?,21+,29?/m0/s1. The molecule has 2 aromatic rings. The van der Waals surface area contributed by atoms with Crippen molar-refractivity contribution < 1.29 is 42.2 Å². The molecule has 0 saturated carbocycles. The topological polar surface area (TPSA) is 94.6 Å². The second kappa shape index (κ2) is 9.64. The van der Waals surface area contributed by atoms with Crippen LogP contribution in [0.4, 0.5) is 17.6 Å². The molecule has 0 radical (unpaired) electrons. The Morgan fingerprint density at radius 1 is 1.06 bits per heavy atom. The van der Waals surface area contributed by atoms with Gasteiger partial charge in [0, 0.05) is 15.7 Å². The van der Waals surface area contributed by atoms with Crippen molar-refractivity contribution in [3.8, 4) is 0 Å². The molecule has 4 unspecified atom stereocenters. The van der Waals surface area contributed by atoms with Crippen LogP contribution >= 0.6 is 27.7 Å². The third kappa shape index (κ3) is 4.65. The van der Waals surface area contributed by atoms with Gasteiger partial charge in [-0.2, -0.15) is 0 Å². The molecule has 0 spiro atoms. The predicted octanol–water partition coefficient (Wildman–Crippen LogP) is 3.73. The smallest absolute Gasteiger partial charge is 0.194 e. The maximum absolute atomic E-state index is 13.7. The van der Waals surface area contributed by atoms with Gasteiger partial charge in [-0.3, -0.25) is 0 Å². The van der Waals surface area contributed by atoms with Gasteiger partial charge in [-0.05, 0) is 46.3 Å². The second-order valence-electron chi connectivity index (χ2n) is 7.95. The number of halogens is 5. The lowest BCUT2D eigenvalue weighted by Gasteiger charge is -2.44. The highest BCUT2D eigenvalue weighted by Gasteiger charge is 2.55. The Bertz CT molecular complexity index is 1150. The molecule has 3 N–H and O–H groups in total. The van der Waals surface area contributed by atoms with Crippen molar-refractivity contribution in [1.82, 2.24) is 0 Å². The van der Waals surface area contributed by atoms with Crippen LogP contribution in [0, 0.1) is 23.3 Å². The van der Waals surface area contributed by atoms with Crippen LogP contribution in [0.2, 0.25) is 0 Å². The summed E-state index contributed by atoms with van der Waals surface area (Å²) in [5, 5.41) is 39.7. The van der Waals surface area contributed by atoms with Crippen LogP contribution in [0.1, 0.15) is 5.56 Å². The fraction of sp³-hybridized carbons (Fsp3) is 0.333. The molecule has 2 aliphatic heterocycles. The van der Waals surface area contributed by atoms with E-state index in [-0.39, 0.29) is 15.7 Å². The van der Waals surface area contributed by atoms with Crippen molar-refractivity contribution in [3.63, 3.8) is 0 Å². The van der Waals surface area contributed by atoms with Crippen molar-refractivity contribution >= 4 is 33.4 Å². The number of thioether (sulfide) groups is 1. The quantitative estimate of drug-likeness (QED) is 0.292. The molecule has 2 heterocycles. The molecule has 1 fully saturated rings. The molecule has 1 saturated heterocycles. The van der Waals surface area contributed by atoms with Crippen LogP contribution in [0.5, 0.6) is 0 Å². The Balaban J connectivity index is 1.65. The number of aliphatic hydroxyl groups excluding tert-OH is 3. The van der Waals surface area contributed by atoms with Crippen molar-refractivity contribution in [2.75, 3.05) is 13.7 Å². The molecule has 6 atom stereocenters. The van der Waals surface area contributed by atoms with E-state index < -0.39 is 64.3 Å². The maximum Gasteiger partial charge on any atom is 0.194 e. The number of rotatable bonds is 5. The first-order valence-electron chi connectivity index (χ1n) is 9.95. The maximum atomic E-state index is 13.7. The number of quaternary nitrogens is 1. The SMILES string of the molecule is C[N+]1(C2C(O)[C@@H](Sc3ccc(F)c(Br)c3)OC(CO)[C@@H]2O)C=C(c2cc(F)c(F)c(F)c2)N=N1. The summed E-state index contributed by atoms with van der Waals surface area (Å²) in [6.07, 6.45) is -2.52. The van der Waals surface area contributed by atoms with Gasteiger partial charge in [-0.25, -0.2) is 17.6 Å². The Labute approximate surface area is 204 Å². The van der Waals surface area contributed by atoms with Gasteiger partial charge < -0.3 is 20.1 Å². The number of likely N-dealkylation sites (N-methyl/N-ethyl adjacent to an activating group) is 1. The monoisotopic (exact) mass is 564 g/mol. The largest absolute Gasteiger partial charge is 0.394 e. The van der Waals surface area contributed by atoms with E-state index in [1.165, 1.54) is 31.4 Å². The van der Waals surface area contributed by atoms with Gasteiger partial charge in [-0.1, -0.05) is 16.9 Å². The van der Waals surface area contributed by atoms with E-state index in [0.717, 1.165) is 23.9 Å². The van der Waals surface area contributed by atoms with Crippen LogP contribution in [-0.2, 0) is 4.74 Å².